The maximum Gasteiger partial charge on any atom is 0.324 e. The average Bonchev–Trinajstić information content (AvgIpc) is 3.28. The number of rotatable bonds is 16. The molecule has 4 rings (SSSR count). The highest BCUT2D eigenvalue weighted by Crippen LogP contribution is 2.47. The topological polar surface area (TPSA) is 127 Å². The van der Waals surface area contributed by atoms with E-state index in [1.807, 2.05) is 26.0 Å². The van der Waals surface area contributed by atoms with Crippen molar-refractivity contribution >= 4 is 31.8 Å². The molecule has 0 aliphatic carbocycles. The van der Waals surface area contributed by atoms with Gasteiger partial charge in [0.25, 0.3) is 11.8 Å². The number of amides is 2. The highest BCUT2D eigenvalue weighted by Gasteiger charge is 2.57. The van der Waals surface area contributed by atoms with E-state index in [9.17, 15) is 28.6 Å². The Labute approximate surface area is 264 Å². The zero-order chi connectivity index (χ0) is 32.4. The summed E-state index contributed by atoms with van der Waals surface area (Å²) < 4.78 is 24.4. The predicted octanol–water partition coefficient (Wildman–Crippen LogP) is 6.20. The lowest BCUT2D eigenvalue weighted by molar-refractivity contribution is -0.176. The molecule has 0 saturated carbocycles. The summed E-state index contributed by atoms with van der Waals surface area (Å²) in [4.78, 5) is 65.3. The number of unbranched alkanes of at least 4 members (excludes halogenated alkanes) is 2. The molecule has 3 aromatic carbocycles. The molecule has 1 aliphatic rings. The first-order valence-corrected chi connectivity index (χ1v) is 16.7. The third-order valence-electron chi connectivity index (χ3n) is 8.03. The number of carbonyl (C=O) groups excluding carboxylic acids is 4. The van der Waals surface area contributed by atoms with E-state index < -0.39 is 31.0 Å². The maximum absolute atomic E-state index is 14.0. The SMILES string of the molecule is CC(C)CC(C(=O)OCc1ccccc1)(C(=O)OCc1ccccc1)C(CCCCCN1C(=O)c2ccccc2C1=O)[PH](=O)O. The number of fused-ring (bicyclic) bond motifs is 1. The first-order chi connectivity index (χ1) is 21.6. The number of benzene rings is 3. The number of hydrogen-bond acceptors (Lipinski definition) is 7. The maximum atomic E-state index is 14.0. The van der Waals surface area contributed by atoms with Crippen LogP contribution >= 0.6 is 8.03 Å². The molecule has 2 unspecified atom stereocenters. The van der Waals surface area contributed by atoms with Crippen molar-refractivity contribution in [3.63, 3.8) is 0 Å². The number of hydrogen-bond donors (Lipinski definition) is 1. The van der Waals surface area contributed by atoms with Gasteiger partial charge in [-0.15, -0.1) is 0 Å². The van der Waals surface area contributed by atoms with Gasteiger partial charge in [0.15, 0.2) is 13.4 Å². The van der Waals surface area contributed by atoms with Gasteiger partial charge in [0.2, 0.25) is 0 Å². The molecule has 9 nitrogen and oxygen atoms in total. The van der Waals surface area contributed by atoms with Crippen molar-refractivity contribution in [1.82, 2.24) is 4.90 Å². The van der Waals surface area contributed by atoms with E-state index in [0.717, 1.165) is 0 Å². The van der Waals surface area contributed by atoms with Crippen molar-refractivity contribution in [3.05, 3.63) is 107 Å². The molecule has 0 spiro atoms. The van der Waals surface area contributed by atoms with E-state index in [0.29, 0.717) is 41.5 Å². The fourth-order valence-corrected chi connectivity index (χ4v) is 7.07. The number of nitrogens with zero attached hydrogens (tertiary/aromatic N) is 1. The van der Waals surface area contributed by atoms with Gasteiger partial charge in [0.05, 0.1) is 16.8 Å². The first-order valence-electron chi connectivity index (χ1n) is 15.3. The minimum Gasteiger partial charge on any atom is -0.460 e. The fraction of sp³-hybridized carbons (Fsp3) is 0.371. The lowest BCUT2D eigenvalue weighted by Crippen LogP contribution is -2.50. The molecule has 0 bridgehead atoms. The number of imide groups is 1. The quantitative estimate of drug-likeness (QED) is 0.0650. The van der Waals surface area contributed by atoms with Gasteiger partial charge in [-0.25, -0.2) is 0 Å². The Morgan fingerprint density at radius 1 is 0.756 bits per heavy atom. The molecule has 0 aromatic heterocycles. The van der Waals surface area contributed by atoms with Crippen molar-refractivity contribution in [2.45, 2.75) is 64.8 Å². The summed E-state index contributed by atoms with van der Waals surface area (Å²) in [5, 5.41) is 0. The van der Waals surface area contributed by atoms with Crippen LogP contribution in [-0.2, 0) is 36.8 Å². The van der Waals surface area contributed by atoms with Gasteiger partial charge in [0.1, 0.15) is 13.2 Å². The van der Waals surface area contributed by atoms with Crippen molar-refractivity contribution < 1.29 is 38.1 Å². The molecule has 0 saturated heterocycles. The molecule has 10 heteroatoms. The molecule has 45 heavy (non-hydrogen) atoms. The number of esters is 2. The van der Waals surface area contributed by atoms with Gasteiger partial charge in [-0.1, -0.05) is 99.5 Å². The number of carbonyl (C=O) groups is 4. The summed E-state index contributed by atoms with van der Waals surface area (Å²) >= 11 is 0. The van der Waals surface area contributed by atoms with Crippen LogP contribution in [0.3, 0.4) is 0 Å². The second-order valence-electron chi connectivity index (χ2n) is 11.7. The predicted molar refractivity (Wildman–Crippen MR) is 170 cm³/mol. The van der Waals surface area contributed by atoms with Crippen molar-refractivity contribution in [2.75, 3.05) is 6.54 Å². The normalized spacial score (nSPS) is 14.3. The van der Waals surface area contributed by atoms with Gasteiger partial charge < -0.3 is 14.4 Å². The Bertz CT molecular complexity index is 1420. The average molecular weight is 634 g/mol. The lowest BCUT2D eigenvalue weighted by atomic mass is 9.75. The van der Waals surface area contributed by atoms with Crippen LogP contribution in [0.2, 0.25) is 0 Å². The van der Waals surface area contributed by atoms with E-state index in [2.05, 4.69) is 0 Å². The zero-order valence-electron chi connectivity index (χ0n) is 25.6. The van der Waals surface area contributed by atoms with Gasteiger partial charge in [0, 0.05) is 6.54 Å². The van der Waals surface area contributed by atoms with Crippen molar-refractivity contribution in [2.24, 2.45) is 11.3 Å². The third-order valence-corrected chi connectivity index (χ3v) is 9.41. The molecule has 1 aliphatic heterocycles. The molecule has 238 valence electrons. The molecule has 0 fully saturated rings. The van der Waals surface area contributed by atoms with E-state index in [4.69, 9.17) is 9.47 Å². The monoisotopic (exact) mass is 633 g/mol. The van der Waals surface area contributed by atoms with E-state index >= 15 is 0 Å². The van der Waals surface area contributed by atoms with E-state index in [1.54, 1.807) is 72.8 Å². The molecule has 3 aromatic rings. The Balaban J connectivity index is 1.51. The minimum atomic E-state index is -3.45. The zero-order valence-corrected chi connectivity index (χ0v) is 26.6. The second-order valence-corrected chi connectivity index (χ2v) is 13.1. The first kappa shape index (κ1) is 33.8. The molecule has 1 N–H and O–H groups in total. The molecule has 2 amide bonds. The van der Waals surface area contributed by atoms with Crippen LogP contribution in [0, 0.1) is 11.3 Å². The smallest absolute Gasteiger partial charge is 0.324 e. The summed E-state index contributed by atoms with van der Waals surface area (Å²) in [6.45, 7) is 3.64. The van der Waals surface area contributed by atoms with Gasteiger partial charge in [-0.2, -0.15) is 0 Å². The summed E-state index contributed by atoms with van der Waals surface area (Å²) in [5.74, 6) is -2.67. The van der Waals surface area contributed by atoms with Crippen molar-refractivity contribution in [1.29, 1.82) is 0 Å². The Hall–Kier alpha value is -4.07. The van der Waals surface area contributed by atoms with Gasteiger partial charge in [-0.05, 0) is 48.4 Å². The summed E-state index contributed by atoms with van der Waals surface area (Å²) in [7, 11) is -3.45. The van der Waals surface area contributed by atoms with Crippen LogP contribution in [0.4, 0.5) is 0 Å². The van der Waals surface area contributed by atoms with Gasteiger partial charge >= 0.3 is 11.9 Å². The number of ether oxygens (including phenoxy) is 2. The Kier molecular flexibility index (Phi) is 11.9. The summed E-state index contributed by atoms with van der Waals surface area (Å²) in [6.07, 6.45) is 1.37. The molecular formula is C35H40NO8P. The van der Waals surface area contributed by atoms with Crippen LogP contribution in [0.5, 0.6) is 0 Å². The van der Waals surface area contributed by atoms with Crippen LogP contribution in [0.25, 0.3) is 0 Å². The second kappa shape index (κ2) is 15.8. The van der Waals surface area contributed by atoms with E-state index in [1.165, 1.54) is 4.90 Å². The largest absolute Gasteiger partial charge is 0.460 e. The van der Waals surface area contributed by atoms with Crippen LogP contribution in [0.15, 0.2) is 84.9 Å². The molecule has 1 heterocycles. The lowest BCUT2D eigenvalue weighted by Gasteiger charge is -2.36. The van der Waals surface area contributed by atoms with Gasteiger partial charge in [-0.3, -0.25) is 28.6 Å². The molecule has 0 radical (unpaired) electrons. The third kappa shape index (κ3) is 8.16. The standard InChI is InChI=1S/C35H40NO8P/c1-25(2)22-35(33(39)43-23-26-14-6-3-7-15-26,34(40)44-24-27-16-8-4-9-17-27)30(45(41)42)20-10-5-13-21-36-31(37)28-18-11-12-19-29(28)32(36)38/h3-4,6-9,11-12,14-19,25,30,45H,5,10,13,20-24H2,1-2H3,(H,41,42). The summed E-state index contributed by atoms with van der Waals surface area (Å²) in [6, 6.07) is 24.7. The fourth-order valence-electron chi connectivity index (χ4n) is 5.84. The molecular weight excluding hydrogens is 593 g/mol. The Morgan fingerprint density at radius 3 is 1.67 bits per heavy atom. The van der Waals surface area contributed by atoms with Crippen molar-refractivity contribution in [3.8, 4) is 0 Å². The highest BCUT2D eigenvalue weighted by atomic mass is 31.1. The van der Waals surface area contributed by atoms with Crippen LogP contribution in [-0.4, -0.2) is 45.8 Å². The van der Waals surface area contributed by atoms with Crippen LogP contribution in [0.1, 0.15) is 77.8 Å². The molecule has 2 atom stereocenters. The minimum absolute atomic E-state index is 0.0368. The van der Waals surface area contributed by atoms with E-state index in [-0.39, 0.29) is 50.3 Å². The Morgan fingerprint density at radius 2 is 1.22 bits per heavy atom. The van der Waals surface area contributed by atoms with Crippen LogP contribution < -0.4 is 0 Å². The highest BCUT2D eigenvalue weighted by molar-refractivity contribution is 7.39. The summed E-state index contributed by atoms with van der Waals surface area (Å²) in [5.41, 5.74) is -1.07.